The lowest BCUT2D eigenvalue weighted by Gasteiger charge is -2.27. The molecular formula is C22H28N4O5. The molecular weight excluding hydrogens is 400 g/mol. The Morgan fingerprint density at radius 2 is 1.87 bits per heavy atom. The van der Waals surface area contributed by atoms with Crippen molar-refractivity contribution in [1.82, 2.24) is 20.0 Å². The summed E-state index contributed by atoms with van der Waals surface area (Å²) in [7, 11) is 6.83. The molecule has 1 amide bonds. The average Bonchev–Trinajstić information content (AvgIpc) is 3.21. The Balaban J connectivity index is 2.22. The highest BCUT2D eigenvalue weighted by Gasteiger charge is 2.46. The number of hydrogen-bond acceptors (Lipinski definition) is 7. The second-order valence-corrected chi connectivity index (χ2v) is 7.72. The first-order valence-electron chi connectivity index (χ1n) is 9.88. The predicted molar refractivity (Wildman–Crippen MR) is 115 cm³/mol. The van der Waals surface area contributed by atoms with Crippen molar-refractivity contribution in [1.29, 1.82) is 0 Å². The quantitative estimate of drug-likeness (QED) is 0.395. The molecule has 1 fully saturated rings. The number of Topliss-reactive ketones (excluding diaryl/α,β-unsaturated/α-hetero) is 1. The van der Waals surface area contributed by atoms with E-state index in [4.69, 9.17) is 9.47 Å². The minimum absolute atomic E-state index is 0.0311. The number of ketones is 1. The number of H-pyrrole nitrogens is 1. The largest absolute Gasteiger partial charge is 0.507 e. The fraction of sp³-hybridized carbons (Fsp3) is 0.409. The number of aliphatic hydroxyl groups is 1. The lowest BCUT2D eigenvalue weighted by molar-refractivity contribution is -0.140. The van der Waals surface area contributed by atoms with E-state index in [0.29, 0.717) is 47.1 Å². The van der Waals surface area contributed by atoms with Gasteiger partial charge in [-0.05, 0) is 45.6 Å². The van der Waals surface area contributed by atoms with Crippen molar-refractivity contribution in [2.75, 3.05) is 41.4 Å². The van der Waals surface area contributed by atoms with Crippen molar-refractivity contribution in [3.05, 3.63) is 46.3 Å². The maximum absolute atomic E-state index is 13.1. The molecule has 1 saturated heterocycles. The van der Waals surface area contributed by atoms with Crippen LogP contribution in [0.25, 0.3) is 5.76 Å². The summed E-state index contributed by atoms with van der Waals surface area (Å²) >= 11 is 0. The number of hydrogen-bond donors (Lipinski definition) is 2. The van der Waals surface area contributed by atoms with Gasteiger partial charge in [0.1, 0.15) is 5.76 Å². The van der Waals surface area contributed by atoms with Crippen LogP contribution < -0.4 is 9.47 Å². The molecule has 0 unspecified atom stereocenters. The van der Waals surface area contributed by atoms with Gasteiger partial charge < -0.3 is 24.4 Å². The summed E-state index contributed by atoms with van der Waals surface area (Å²) in [4.78, 5) is 29.5. The number of aromatic nitrogens is 2. The number of aliphatic hydroxyl groups excluding tert-OH is 1. The number of nitrogens with zero attached hydrogens (tertiary/aromatic N) is 3. The molecule has 1 aromatic carbocycles. The molecule has 0 bridgehead atoms. The van der Waals surface area contributed by atoms with E-state index in [0.717, 1.165) is 0 Å². The summed E-state index contributed by atoms with van der Waals surface area (Å²) in [5, 5.41) is 18.1. The lowest BCUT2D eigenvalue weighted by Crippen LogP contribution is -2.35. The molecule has 2 heterocycles. The Hall–Kier alpha value is -3.33. The van der Waals surface area contributed by atoms with Crippen LogP contribution in [-0.4, -0.2) is 78.2 Å². The van der Waals surface area contributed by atoms with Crippen LogP contribution in [0.3, 0.4) is 0 Å². The van der Waals surface area contributed by atoms with E-state index >= 15 is 0 Å². The summed E-state index contributed by atoms with van der Waals surface area (Å²) < 4.78 is 10.7. The van der Waals surface area contributed by atoms with Crippen LogP contribution in [0, 0.1) is 13.8 Å². The molecule has 0 spiro atoms. The standard InChI is InChI=1S/C22H28N4O5/c1-12-17(13(2)24-23-12)20(27)18-19(14-7-8-15(30-5)16(11-14)31-6)26(10-9-25(3)4)22(29)21(18)28/h7-8,11,19,27H,9-10H2,1-6H3,(H,23,24)/b20-18+/t19-/m0/s1. The molecule has 1 aliphatic heterocycles. The Morgan fingerprint density at radius 1 is 1.19 bits per heavy atom. The van der Waals surface area contributed by atoms with Gasteiger partial charge in [0.2, 0.25) is 0 Å². The third kappa shape index (κ3) is 4.00. The molecule has 2 aromatic rings. The number of aromatic amines is 1. The highest BCUT2D eigenvalue weighted by molar-refractivity contribution is 6.46. The number of likely N-dealkylation sites (N-methyl/N-ethyl adjacent to an activating group) is 1. The molecule has 1 atom stereocenters. The number of aryl methyl sites for hydroxylation is 2. The number of carbonyl (C=O) groups excluding carboxylic acids is 2. The highest BCUT2D eigenvalue weighted by Crippen LogP contribution is 2.42. The van der Waals surface area contributed by atoms with Gasteiger partial charge in [0.15, 0.2) is 11.5 Å². The first-order chi connectivity index (χ1) is 14.7. The van der Waals surface area contributed by atoms with Crippen LogP contribution in [0.15, 0.2) is 23.8 Å². The molecule has 0 aliphatic carbocycles. The number of likely N-dealkylation sites (tertiary alicyclic amines) is 1. The van der Waals surface area contributed by atoms with Crippen LogP contribution in [0.5, 0.6) is 11.5 Å². The van der Waals surface area contributed by atoms with E-state index in [1.165, 1.54) is 19.1 Å². The SMILES string of the molecule is COc1ccc([C@H]2/C(=C(\O)c3c(C)n[nH]c3C)C(=O)C(=O)N2CCN(C)C)cc1OC. The molecule has 31 heavy (non-hydrogen) atoms. The fourth-order valence-corrected chi connectivity index (χ4v) is 3.82. The summed E-state index contributed by atoms with van der Waals surface area (Å²) in [5.41, 5.74) is 2.25. The third-order valence-electron chi connectivity index (χ3n) is 5.42. The first kappa shape index (κ1) is 22.4. The van der Waals surface area contributed by atoms with Crippen molar-refractivity contribution < 1.29 is 24.2 Å². The maximum Gasteiger partial charge on any atom is 0.295 e. The minimum atomic E-state index is -0.770. The number of amides is 1. The van der Waals surface area contributed by atoms with E-state index in [1.807, 2.05) is 19.0 Å². The van der Waals surface area contributed by atoms with Gasteiger partial charge in [-0.15, -0.1) is 0 Å². The van der Waals surface area contributed by atoms with Crippen LogP contribution in [0.4, 0.5) is 0 Å². The number of benzene rings is 1. The Morgan fingerprint density at radius 3 is 2.42 bits per heavy atom. The molecule has 9 nitrogen and oxygen atoms in total. The van der Waals surface area contributed by atoms with Gasteiger partial charge in [-0.3, -0.25) is 14.7 Å². The van der Waals surface area contributed by atoms with Crippen LogP contribution in [-0.2, 0) is 9.59 Å². The van der Waals surface area contributed by atoms with E-state index in [2.05, 4.69) is 10.2 Å². The van der Waals surface area contributed by atoms with Gasteiger partial charge in [-0.25, -0.2) is 0 Å². The summed E-state index contributed by atoms with van der Waals surface area (Å²) in [6.07, 6.45) is 0. The monoisotopic (exact) mass is 428 g/mol. The summed E-state index contributed by atoms with van der Waals surface area (Å²) in [6, 6.07) is 4.44. The molecule has 2 N–H and O–H groups in total. The van der Waals surface area contributed by atoms with Crippen molar-refractivity contribution in [2.45, 2.75) is 19.9 Å². The molecule has 9 heteroatoms. The topological polar surface area (TPSA) is 108 Å². The van der Waals surface area contributed by atoms with Gasteiger partial charge in [-0.1, -0.05) is 6.07 Å². The molecule has 1 aromatic heterocycles. The molecule has 3 rings (SSSR count). The van der Waals surface area contributed by atoms with Crippen molar-refractivity contribution in [3.63, 3.8) is 0 Å². The van der Waals surface area contributed by atoms with E-state index < -0.39 is 17.7 Å². The van der Waals surface area contributed by atoms with Gasteiger partial charge >= 0.3 is 0 Å². The van der Waals surface area contributed by atoms with Gasteiger partial charge in [0.25, 0.3) is 11.7 Å². The first-order valence-corrected chi connectivity index (χ1v) is 9.88. The minimum Gasteiger partial charge on any atom is -0.507 e. The Bertz CT molecular complexity index is 1020. The van der Waals surface area contributed by atoms with Crippen molar-refractivity contribution in [2.24, 2.45) is 0 Å². The lowest BCUT2D eigenvalue weighted by atomic mass is 9.94. The normalized spacial score (nSPS) is 18.2. The smallest absolute Gasteiger partial charge is 0.295 e. The van der Waals surface area contributed by atoms with E-state index in [9.17, 15) is 14.7 Å². The highest BCUT2D eigenvalue weighted by atomic mass is 16.5. The number of ether oxygens (including phenoxy) is 2. The Labute approximate surface area is 181 Å². The second kappa shape index (κ2) is 8.81. The van der Waals surface area contributed by atoms with Crippen LogP contribution in [0.1, 0.15) is 28.6 Å². The van der Waals surface area contributed by atoms with Crippen LogP contribution in [0.2, 0.25) is 0 Å². The number of methoxy groups -OCH3 is 2. The Kier molecular flexibility index (Phi) is 6.35. The fourth-order valence-electron chi connectivity index (χ4n) is 3.82. The average molecular weight is 428 g/mol. The van der Waals surface area contributed by atoms with E-state index in [1.54, 1.807) is 32.0 Å². The number of carbonyl (C=O) groups is 2. The van der Waals surface area contributed by atoms with Crippen molar-refractivity contribution in [3.8, 4) is 11.5 Å². The maximum atomic E-state index is 13.1. The summed E-state index contributed by atoms with van der Waals surface area (Å²) in [5.74, 6) is -0.626. The zero-order chi connectivity index (χ0) is 22.9. The van der Waals surface area contributed by atoms with Crippen LogP contribution >= 0.6 is 0 Å². The number of nitrogens with one attached hydrogen (secondary N) is 1. The third-order valence-corrected chi connectivity index (χ3v) is 5.42. The van der Waals surface area contributed by atoms with Gasteiger partial charge in [0, 0.05) is 18.8 Å². The molecule has 166 valence electrons. The van der Waals surface area contributed by atoms with Gasteiger partial charge in [-0.2, -0.15) is 5.10 Å². The van der Waals surface area contributed by atoms with E-state index in [-0.39, 0.29) is 11.3 Å². The zero-order valence-electron chi connectivity index (χ0n) is 18.6. The summed E-state index contributed by atoms with van der Waals surface area (Å²) in [6.45, 7) is 4.35. The molecule has 0 saturated carbocycles. The van der Waals surface area contributed by atoms with Crippen molar-refractivity contribution >= 4 is 17.4 Å². The molecule has 0 radical (unpaired) electrons. The second-order valence-electron chi connectivity index (χ2n) is 7.72. The number of rotatable bonds is 7. The molecule has 1 aliphatic rings. The predicted octanol–water partition coefficient (Wildman–Crippen LogP) is 2.03. The van der Waals surface area contributed by atoms with Gasteiger partial charge in [0.05, 0.1) is 37.1 Å². The zero-order valence-corrected chi connectivity index (χ0v) is 18.6.